The second-order valence-corrected chi connectivity index (χ2v) is 8.61. The number of benzene rings is 3. The number of anilines is 4. The maximum absolute atomic E-state index is 11.1. The Balaban J connectivity index is 1.79. The van der Waals surface area contributed by atoms with Gasteiger partial charge >= 0.3 is 0 Å². The van der Waals surface area contributed by atoms with Crippen LogP contribution in [0.5, 0.6) is 0 Å². The maximum atomic E-state index is 11.1. The molecule has 0 fully saturated rings. The Morgan fingerprint density at radius 2 is 1.21 bits per heavy atom. The van der Waals surface area contributed by atoms with Gasteiger partial charge in [-0.1, -0.05) is 0 Å². The van der Waals surface area contributed by atoms with Crippen LogP contribution in [0.3, 0.4) is 0 Å². The molecule has 4 rings (SSSR count). The molecule has 4 aromatic rings. The van der Waals surface area contributed by atoms with Gasteiger partial charge in [0.05, 0.1) is 16.0 Å². The van der Waals surface area contributed by atoms with Gasteiger partial charge in [0, 0.05) is 30.6 Å². The van der Waals surface area contributed by atoms with Crippen LogP contribution in [0.25, 0.3) is 11.0 Å². The predicted molar refractivity (Wildman–Crippen MR) is 131 cm³/mol. The van der Waals surface area contributed by atoms with E-state index < -0.39 is 4.92 Å². The van der Waals surface area contributed by atoms with Gasteiger partial charge in [0.1, 0.15) is 0 Å². The minimum atomic E-state index is -0.439. The monoisotopic (exact) mass is 609 g/mol. The molecule has 29 heavy (non-hydrogen) atoms. The number of nitro benzene ring substituents is 1. The Bertz CT molecular complexity index is 1200. The Labute approximate surface area is 193 Å². The standard InChI is InChI=1S/C20H13I2N5O2/c21-12-1-5-14(6-2-12)23-19-20(24-15-7-3-13(22)4-8-15)26-18-11-16(27(28)29)9-10-17(18)25-19/h1-11H,(H,23,25)(H,24,26). The lowest BCUT2D eigenvalue weighted by Gasteiger charge is -2.14. The summed E-state index contributed by atoms with van der Waals surface area (Å²) in [5.74, 6) is 1.02. The van der Waals surface area contributed by atoms with Crippen molar-refractivity contribution < 1.29 is 4.92 Å². The maximum Gasteiger partial charge on any atom is 0.271 e. The number of aromatic nitrogens is 2. The number of nitrogens with zero attached hydrogens (tertiary/aromatic N) is 3. The predicted octanol–water partition coefficient (Wildman–Crippen LogP) is 6.23. The van der Waals surface area contributed by atoms with E-state index in [1.54, 1.807) is 6.07 Å². The molecule has 0 aliphatic rings. The molecule has 0 bridgehead atoms. The first-order valence-corrected chi connectivity index (χ1v) is 10.6. The van der Waals surface area contributed by atoms with E-state index in [1.807, 2.05) is 48.5 Å². The van der Waals surface area contributed by atoms with E-state index in [9.17, 15) is 10.1 Å². The molecule has 0 spiro atoms. The van der Waals surface area contributed by atoms with Crippen LogP contribution in [0.1, 0.15) is 0 Å². The second kappa shape index (κ2) is 8.45. The van der Waals surface area contributed by atoms with Gasteiger partial charge in [-0.25, -0.2) is 9.97 Å². The number of nitro groups is 1. The highest BCUT2D eigenvalue weighted by atomic mass is 127. The number of rotatable bonds is 5. The van der Waals surface area contributed by atoms with Gasteiger partial charge < -0.3 is 10.6 Å². The van der Waals surface area contributed by atoms with Gasteiger partial charge in [-0.15, -0.1) is 0 Å². The number of nitrogens with one attached hydrogen (secondary N) is 2. The van der Waals surface area contributed by atoms with Gasteiger partial charge in [0.2, 0.25) is 0 Å². The molecular weight excluding hydrogens is 596 g/mol. The largest absolute Gasteiger partial charge is 0.337 e. The number of halogens is 2. The summed E-state index contributed by atoms with van der Waals surface area (Å²) in [5, 5.41) is 17.7. The van der Waals surface area contributed by atoms with Crippen molar-refractivity contribution in [1.82, 2.24) is 9.97 Å². The normalized spacial score (nSPS) is 10.7. The zero-order valence-electron chi connectivity index (χ0n) is 14.8. The molecule has 144 valence electrons. The summed E-state index contributed by atoms with van der Waals surface area (Å²) >= 11 is 4.49. The third-order valence-corrected chi connectivity index (χ3v) is 5.51. The van der Waals surface area contributed by atoms with Crippen molar-refractivity contribution >= 4 is 84.9 Å². The molecule has 0 saturated heterocycles. The lowest BCUT2D eigenvalue weighted by molar-refractivity contribution is -0.384. The van der Waals surface area contributed by atoms with E-state index in [1.165, 1.54) is 12.1 Å². The Morgan fingerprint density at radius 3 is 1.69 bits per heavy atom. The molecule has 9 heteroatoms. The highest BCUT2D eigenvalue weighted by Gasteiger charge is 2.13. The second-order valence-electron chi connectivity index (χ2n) is 6.11. The minimum absolute atomic E-state index is 0.0228. The third-order valence-electron chi connectivity index (χ3n) is 4.07. The first kappa shape index (κ1) is 19.8. The Hall–Kier alpha value is -2.54. The highest BCUT2D eigenvalue weighted by Crippen LogP contribution is 2.29. The molecule has 1 aromatic heterocycles. The Kier molecular flexibility index (Phi) is 5.76. The lowest BCUT2D eigenvalue weighted by Crippen LogP contribution is -2.03. The van der Waals surface area contributed by atoms with Crippen LogP contribution in [0, 0.1) is 17.3 Å². The molecule has 0 aliphatic carbocycles. The van der Waals surface area contributed by atoms with Crippen molar-refractivity contribution in [3.8, 4) is 0 Å². The fourth-order valence-corrected chi connectivity index (χ4v) is 3.39. The van der Waals surface area contributed by atoms with Crippen LogP contribution < -0.4 is 10.6 Å². The van der Waals surface area contributed by atoms with Gasteiger partial charge in [0.25, 0.3) is 5.69 Å². The molecule has 2 N–H and O–H groups in total. The molecule has 0 radical (unpaired) electrons. The van der Waals surface area contributed by atoms with Gasteiger partial charge in [-0.2, -0.15) is 0 Å². The van der Waals surface area contributed by atoms with Crippen molar-refractivity contribution in [3.05, 3.63) is 84.0 Å². The molecule has 3 aromatic carbocycles. The van der Waals surface area contributed by atoms with Crippen molar-refractivity contribution in [2.75, 3.05) is 10.6 Å². The van der Waals surface area contributed by atoms with Crippen molar-refractivity contribution in [2.24, 2.45) is 0 Å². The molecule has 0 unspecified atom stereocenters. The number of hydrogen-bond donors (Lipinski definition) is 2. The van der Waals surface area contributed by atoms with E-state index in [2.05, 4.69) is 65.8 Å². The van der Waals surface area contributed by atoms with E-state index in [0.29, 0.717) is 22.7 Å². The zero-order chi connectivity index (χ0) is 20.4. The van der Waals surface area contributed by atoms with Crippen molar-refractivity contribution in [3.63, 3.8) is 0 Å². The SMILES string of the molecule is O=[N+]([O-])c1ccc2nc(Nc3ccc(I)cc3)c(Nc3ccc(I)cc3)nc2c1. The van der Waals surface area contributed by atoms with Crippen LogP contribution in [-0.4, -0.2) is 14.9 Å². The van der Waals surface area contributed by atoms with Crippen LogP contribution in [0.2, 0.25) is 0 Å². The van der Waals surface area contributed by atoms with Crippen LogP contribution in [0.4, 0.5) is 28.7 Å². The zero-order valence-corrected chi connectivity index (χ0v) is 19.1. The van der Waals surface area contributed by atoms with Gasteiger partial charge in [-0.3, -0.25) is 10.1 Å². The smallest absolute Gasteiger partial charge is 0.271 e. The third kappa shape index (κ3) is 4.72. The summed E-state index contributed by atoms with van der Waals surface area (Å²) in [5.41, 5.74) is 2.70. The van der Waals surface area contributed by atoms with Crippen molar-refractivity contribution in [1.29, 1.82) is 0 Å². The fourth-order valence-electron chi connectivity index (χ4n) is 2.67. The molecule has 0 amide bonds. The quantitative estimate of drug-likeness (QED) is 0.158. The molecular formula is C20H13I2N5O2. The fraction of sp³-hybridized carbons (Fsp3) is 0. The summed E-state index contributed by atoms with van der Waals surface area (Å²) in [6.45, 7) is 0. The lowest BCUT2D eigenvalue weighted by atomic mass is 10.2. The molecule has 0 aliphatic heterocycles. The minimum Gasteiger partial charge on any atom is -0.337 e. The molecule has 0 saturated carbocycles. The Morgan fingerprint density at radius 1 is 0.724 bits per heavy atom. The van der Waals surface area contributed by atoms with Gasteiger partial charge in [-0.05, 0) is 99.8 Å². The van der Waals surface area contributed by atoms with Crippen LogP contribution >= 0.6 is 45.2 Å². The average molecular weight is 609 g/mol. The summed E-state index contributed by atoms with van der Waals surface area (Å²) < 4.78 is 2.24. The summed E-state index contributed by atoms with van der Waals surface area (Å²) in [4.78, 5) is 19.9. The first-order chi connectivity index (χ1) is 14.0. The highest BCUT2D eigenvalue weighted by molar-refractivity contribution is 14.1. The summed E-state index contributed by atoms with van der Waals surface area (Å²) in [6, 6.07) is 20.2. The van der Waals surface area contributed by atoms with Crippen LogP contribution in [-0.2, 0) is 0 Å². The topological polar surface area (TPSA) is 93.0 Å². The number of hydrogen-bond acceptors (Lipinski definition) is 6. The number of non-ortho nitro benzene ring substituents is 1. The van der Waals surface area contributed by atoms with E-state index >= 15 is 0 Å². The molecule has 1 heterocycles. The van der Waals surface area contributed by atoms with Crippen LogP contribution in [0.15, 0.2) is 66.7 Å². The van der Waals surface area contributed by atoms with Crippen molar-refractivity contribution in [2.45, 2.75) is 0 Å². The first-order valence-electron chi connectivity index (χ1n) is 8.49. The van der Waals surface area contributed by atoms with E-state index in [0.717, 1.165) is 18.5 Å². The van der Waals surface area contributed by atoms with Gasteiger partial charge in [0.15, 0.2) is 11.6 Å². The van der Waals surface area contributed by atoms with E-state index in [-0.39, 0.29) is 5.69 Å². The van der Waals surface area contributed by atoms with E-state index in [4.69, 9.17) is 0 Å². The number of fused-ring (bicyclic) bond motifs is 1. The summed E-state index contributed by atoms with van der Waals surface area (Å²) in [7, 11) is 0. The molecule has 0 atom stereocenters. The average Bonchev–Trinajstić information content (AvgIpc) is 2.71. The summed E-state index contributed by atoms with van der Waals surface area (Å²) in [6.07, 6.45) is 0. The molecule has 7 nitrogen and oxygen atoms in total.